The van der Waals surface area contributed by atoms with Gasteiger partial charge in [-0.3, -0.25) is 14.4 Å². The number of halogens is 1. The van der Waals surface area contributed by atoms with Gasteiger partial charge in [0.05, 0.1) is 0 Å². The maximum atomic E-state index is 13.2. The van der Waals surface area contributed by atoms with Gasteiger partial charge in [0.25, 0.3) is 0 Å². The van der Waals surface area contributed by atoms with Crippen LogP contribution in [0.25, 0.3) is 0 Å². The van der Waals surface area contributed by atoms with Crippen LogP contribution in [0.1, 0.15) is 193 Å². The molecule has 0 aliphatic rings. The van der Waals surface area contributed by atoms with Gasteiger partial charge in [0.1, 0.15) is 18.6 Å². The summed E-state index contributed by atoms with van der Waals surface area (Å²) in [5.41, 5.74) is 0.736. The molecule has 0 bridgehead atoms. The highest BCUT2D eigenvalue weighted by molar-refractivity contribution is 9.10. The van der Waals surface area contributed by atoms with Crippen LogP contribution in [0.4, 0.5) is 0 Å². The van der Waals surface area contributed by atoms with Gasteiger partial charge < -0.3 is 9.47 Å². The number of unbranched alkanes of at least 4 members (excludes halogenated alkanes) is 20. The Morgan fingerprint density at radius 1 is 0.660 bits per heavy atom. The monoisotopic (exact) mass is 720 g/mol. The van der Waals surface area contributed by atoms with Crippen LogP contribution in [-0.4, -0.2) is 30.9 Å². The van der Waals surface area contributed by atoms with E-state index < -0.39 is 18.0 Å². The molecule has 2 atom stereocenters. The molecule has 0 radical (unpaired) electrons. The van der Waals surface area contributed by atoms with Crippen molar-refractivity contribution in [1.29, 1.82) is 0 Å². The lowest BCUT2D eigenvalue weighted by Crippen LogP contribution is -2.32. The van der Waals surface area contributed by atoms with E-state index in [0.717, 1.165) is 54.5 Å². The minimum Gasteiger partial charge on any atom is -0.461 e. The maximum Gasteiger partial charge on any atom is 0.317 e. The van der Waals surface area contributed by atoms with E-state index in [1.807, 2.05) is 24.3 Å². The highest BCUT2D eigenvalue weighted by atomic mass is 79.9. The lowest BCUT2D eigenvalue weighted by molar-refractivity contribution is -0.159. The molecule has 6 heteroatoms. The van der Waals surface area contributed by atoms with Crippen LogP contribution < -0.4 is 0 Å². The molecule has 2 unspecified atom stereocenters. The lowest BCUT2D eigenvalue weighted by atomic mass is 9.89. The van der Waals surface area contributed by atoms with E-state index in [-0.39, 0.29) is 12.6 Å². The lowest BCUT2D eigenvalue weighted by Gasteiger charge is -2.26. The van der Waals surface area contributed by atoms with Gasteiger partial charge in [0.15, 0.2) is 6.29 Å². The van der Waals surface area contributed by atoms with Crippen molar-refractivity contribution in [2.75, 3.05) is 6.61 Å². The zero-order chi connectivity index (χ0) is 34.4. The van der Waals surface area contributed by atoms with E-state index in [1.54, 1.807) is 0 Å². The van der Waals surface area contributed by atoms with Crippen molar-refractivity contribution in [2.45, 2.75) is 193 Å². The first-order chi connectivity index (χ1) is 22.9. The molecule has 1 rings (SSSR count). The second-order valence-corrected chi connectivity index (χ2v) is 14.9. The third-order valence-corrected chi connectivity index (χ3v) is 9.71. The third kappa shape index (κ3) is 24.2. The van der Waals surface area contributed by atoms with Gasteiger partial charge in [-0.15, -0.1) is 0 Å². The topological polar surface area (TPSA) is 69.7 Å². The van der Waals surface area contributed by atoms with Crippen molar-refractivity contribution in [3.8, 4) is 0 Å². The summed E-state index contributed by atoms with van der Waals surface area (Å²) in [6.07, 6.45) is 29.4. The number of rotatable bonds is 32. The van der Waals surface area contributed by atoms with Crippen LogP contribution in [0.3, 0.4) is 0 Å². The van der Waals surface area contributed by atoms with E-state index in [4.69, 9.17) is 9.47 Å². The minimum absolute atomic E-state index is 0.249. The summed E-state index contributed by atoms with van der Waals surface area (Å²) in [7, 11) is 0. The number of carbonyl (C=O) groups is 3. The maximum absolute atomic E-state index is 13.2. The second-order valence-electron chi connectivity index (χ2n) is 14.0. The fourth-order valence-corrected chi connectivity index (χ4v) is 6.59. The van der Waals surface area contributed by atoms with E-state index in [0.29, 0.717) is 19.1 Å². The van der Waals surface area contributed by atoms with Crippen LogP contribution in [0.5, 0.6) is 0 Å². The second kappa shape index (κ2) is 30.4. The summed E-state index contributed by atoms with van der Waals surface area (Å²) in [4.78, 5) is 37.3. The van der Waals surface area contributed by atoms with Gasteiger partial charge in [-0.25, -0.2) is 0 Å². The van der Waals surface area contributed by atoms with Crippen molar-refractivity contribution >= 4 is 34.2 Å². The van der Waals surface area contributed by atoms with Crippen LogP contribution in [0, 0.1) is 5.92 Å². The molecule has 0 fully saturated rings. The summed E-state index contributed by atoms with van der Waals surface area (Å²) in [5.74, 6) is -0.728. The largest absolute Gasteiger partial charge is 0.461 e. The third-order valence-electron chi connectivity index (χ3n) is 9.19. The molecular weight excluding hydrogens is 652 g/mol. The number of hydrogen-bond acceptors (Lipinski definition) is 5. The Kier molecular flexibility index (Phi) is 28.0. The summed E-state index contributed by atoms with van der Waals surface area (Å²) in [6.45, 7) is 6.55. The molecule has 1 aromatic rings. The Labute approximate surface area is 297 Å². The van der Waals surface area contributed by atoms with Crippen molar-refractivity contribution in [1.82, 2.24) is 0 Å². The summed E-state index contributed by atoms with van der Waals surface area (Å²) in [6, 6.07) is 7.49. The Morgan fingerprint density at radius 2 is 1.11 bits per heavy atom. The molecule has 0 N–H and O–H groups in total. The van der Waals surface area contributed by atoms with Crippen LogP contribution in [0.2, 0.25) is 0 Å². The number of hydrogen-bond donors (Lipinski definition) is 0. The average molecular weight is 722 g/mol. The molecule has 0 amide bonds. The molecule has 47 heavy (non-hydrogen) atoms. The van der Waals surface area contributed by atoms with Crippen molar-refractivity contribution in [2.24, 2.45) is 5.92 Å². The predicted octanol–water partition coefficient (Wildman–Crippen LogP) is 12.6. The number of ether oxygens (including phenoxy) is 2. The van der Waals surface area contributed by atoms with Gasteiger partial charge in [0, 0.05) is 10.9 Å². The molecular formula is C41H69BrO5. The van der Waals surface area contributed by atoms with Crippen LogP contribution in [-0.2, 0) is 23.9 Å². The zero-order valence-corrected chi connectivity index (χ0v) is 32.0. The summed E-state index contributed by atoms with van der Waals surface area (Å²) >= 11 is 3.47. The normalized spacial score (nSPS) is 12.6. The van der Waals surface area contributed by atoms with Crippen LogP contribution >= 0.6 is 15.9 Å². The zero-order valence-electron chi connectivity index (χ0n) is 30.4. The Balaban J connectivity index is 2.55. The molecule has 0 spiro atoms. The van der Waals surface area contributed by atoms with Gasteiger partial charge in [-0.2, -0.15) is 0 Å². The molecule has 0 aliphatic heterocycles. The Morgan fingerprint density at radius 3 is 1.57 bits per heavy atom. The number of carbonyl (C=O) groups excluding carboxylic acids is 3. The summed E-state index contributed by atoms with van der Waals surface area (Å²) < 4.78 is 12.3. The highest BCUT2D eigenvalue weighted by Gasteiger charge is 2.34. The van der Waals surface area contributed by atoms with Crippen molar-refractivity contribution < 1.29 is 23.9 Å². The quantitative estimate of drug-likeness (QED) is 0.0421. The first kappa shape index (κ1) is 43.3. The number of benzene rings is 1. The van der Waals surface area contributed by atoms with Gasteiger partial charge in [-0.05, 0) is 42.9 Å². The fourth-order valence-electron chi connectivity index (χ4n) is 6.32. The Bertz CT molecular complexity index is 900. The molecule has 0 aliphatic carbocycles. The van der Waals surface area contributed by atoms with Gasteiger partial charge >= 0.3 is 11.9 Å². The van der Waals surface area contributed by atoms with E-state index in [9.17, 15) is 14.4 Å². The van der Waals surface area contributed by atoms with Gasteiger partial charge in [0.2, 0.25) is 0 Å². The standard InChI is InChI=1S/C41H69BrO5/c1-4-5-6-7-8-9-10-11-12-16-19-22-25-28-39(44)47-38(27-24-21-18-15-13-14-17-20-23-26-35(2)3)40(41(45)46-34-33-43)36-29-31-37(42)32-30-36/h29-33,35,38,40H,4-28,34H2,1-3H3. The van der Waals surface area contributed by atoms with Crippen molar-refractivity contribution in [3.63, 3.8) is 0 Å². The average Bonchev–Trinajstić information content (AvgIpc) is 3.05. The fraction of sp³-hybridized carbons (Fsp3) is 0.780. The van der Waals surface area contributed by atoms with E-state index >= 15 is 0 Å². The Hall–Kier alpha value is -1.69. The number of esters is 2. The minimum atomic E-state index is -0.760. The first-order valence-corrected chi connectivity index (χ1v) is 20.2. The molecule has 0 heterocycles. The van der Waals surface area contributed by atoms with Crippen LogP contribution in [0.15, 0.2) is 28.7 Å². The predicted molar refractivity (Wildman–Crippen MR) is 200 cm³/mol. The highest BCUT2D eigenvalue weighted by Crippen LogP contribution is 2.30. The number of aldehydes is 1. The smallest absolute Gasteiger partial charge is 0.317 e. The molecule has 5 nitrogen and oxygen atoms in total. The molecule has 0 saturated heterocycles. The molecule has 270 valence electrons. The first-order valence-electron chi connectivity index (χ1n) is 19.4. The van der Waals surface area contributed by atoms with Gasteiger partial charge in [-0.1, -0.05) is 184 Å². The van der Waals surface area contributed by atoms with Crippen molar-refractivity contribution in [3.05, 3.63) is 34.3 Å². The molecule has 1 aromatic carbocycles. The van der Waals surface area contributed by atoms with E-state index in [2.05, 4.69) is 36.7 Å². The van der Waals surface area contributed by atoms with E-state index in [1.165, 1.54) is 109 Å². The summed E-state index contributed by atoms with van der Waals surface area (Å²) in [5, 5.41) is 0. The SMILES string of the molecule is CCCCCCCCCCCCCCCC(=O)OC(CCCCCCCCCCCC(C)C)C(C(=O)OCC=O)c1ccc(Br)cc1. The molecule has 0 aromatic heterocycles. The molecule has 0 saturated carbocycles.